The van der Waals surface area contributed by atoms with Crippen LogP contribution < -0.4 is 0 Å². The molecule has 0 unspecified atom stereocenters. The number of ketones is 1. The molecule has 1 fully saturated rings. The number of rotatable bonds is 5. The lowest BCUT2D eigenvalue weighted by Crippen LogP contribution is -2.48. The van der Waals surface area contributed by atoms with Crippen LogP contribution in [0.5, 0.6) is 0 Å². The van der Waals surface area contributed by atoms with Crippen LogP contribution in [0, 0.1) is 10.1 Å². The van der Waals surface area contributed by atoms with Crippen LogP contribution in [0.1, 0.15) is 33.2 Å². The van der Waals surface area contributed by atoms with E-state index in [1.165, 1.54) is 19.1 Å². The molecule has 27 heavy (non-hydrogen) atoms. The van der Waals surface area contributed by atoms with E-state index < -0.39 is 4.92 Å². The van der Waals surface area contributed by atoms with E-state index in [4.69, 9.17) is 0 Å². The predicted molar refractivity (Wildman–Crippen MR) is 101 cm³/mol. The fourth-order valence-corrected chi connectivity index (χ4v) is 3.24. The van der Waals surface area contributed by atoms with Gasteiger partial charge in [-0.1, -0.05) is 30.3 Å². The summed E-state index contributed by atoms with van der Waals surface area (Å²) in [6.45, 7) is 4.74. The van der Waals surface area contributed by atoms with E-state index in [2.05, 4.69) is 4.90 Å². The molecule has 0 atom stereocenters. The van der Waals surface area contributed by atoms with Gasteiger partial charge in [-0.25, -0.2) is 0 Å². The molecule has 3 rings (SSSR count). The van der Waals surface area contributed by atoms with Crippen molar-refractivity contribution in [3.05, 3.63) is 75.3 Å². The summed E-state index contributed by atoms with van der Waals surface area (Å²) in [4.78, 5) is 38.8. The van der Waals surface area contributed by atoms with Crippen molar-refractivity contribution in [3.8, 4) is 0 Å². The van der Waals surface area contributed by atoms with Crippen LogP contribution in [-0.2, 0) is 6.54 Å². The number of carbonyl (C=O) groups is 2. The van der Waals surface area contributed by atoms with Crippen molar-refractivity contribution >= 4 is 17.4 Å². The lowest BCUT2D eigenvalue weighted by molar-refractivity contribution is -0.384. The van der Waals surface area contributed by atoms with Gasteiger partial charge in [0, 0.05) is 50.4 Å². The monoisotopic (exact) mass is 367 g/mol. The SMILES string of the molecule is CC(=O)c1ccccc1C(=O)N1CCN(Cc2ccc([N+](=O)[O-])cc2)CC1. The zero-order chi connectivity index (χ0) is 19.4. The number of hydrogen-bond acceptors (Lipinski definition) is 5. The van der Waals surface area contributed by atoms with Crippen LogP contribution in [-0.4, -0.2) is 52.6 Å². The van der Waals surface area contributed by atoms with Gasteiger partial charge in [-0.3, -0.25) is 24.6 Å². The minimum absolute atomic E-state index is 0.0818. The summed E-state index contributed by atoms with van der Waals surface area (Å²) in [6.07, 6.45) is 0. The van der Waals surface area contributed by atoms with E-state index >= 15 is 0 Å². The van der Waals surface area contributed by atoms with Crippen molar-refractivity contribution in [1.29, 1.82) is 0 Å². The summed E-state index contributed by atoms with van der Waals surface area (Å²) in [5.41, 5.74) is 1.99. The standard InChI is InChI=1S/C20H21N3O4/c1-15(24)18-4-2-3-5-19(18)20(25)22-12-10-21(11-13-22)14-16-6-8-17(9-7-16)23(26)27/h2-9H,10-14H2,1H3. The molecule has 0 aliphatic carbocycles. The lowest BCUT2D eigenvalue weighted by atomic mass is 10.0. The summed E-state index contributed by atoms with van der Waals surface area (Å²) in [6, 6.07) is 13.4. The predicted octanol–water partition coefficient (Wildman–Crippen LogP) is 2.76. The van der Waals surface area contributed by atoms with Crippen molar-refractivity contribution in [2.75, 3.05) is 26.2 Å². The Labute approximate surface area is 157 Å². The second kappa shape index (κ2) is 8.09. The van der Waals surface area contributed by atoms with Gasteiger partial charge in [0.15, 0.2) is 5.78 Å². The number of nitrogens with zero attached hydrogens (tertiary/aromatic N) is 3. The normalized spacial score (nSPS) is 14.8. The molecule has 0 spiro atoms. The van der Waals surface area contributed by atoms with Gasteiger partial charge in [-0.15, -0.1) is 0 Å². The van der Waals surface area contributed by atoms with Gasteiger partial charge < -0.3 is 4.90 Å². The molecule has 140 valence electrons. The fourth-order valence-electron chi connectivity index (χ4n) is 3.24. The number of nitro benzene ring substituents is 1. The van der Waals surface area contributed by atoms with Gasteiger partial charge in [0.05, 0.1) is 10.5 Å². The summed E-state index contributed by atoms with van der Waals surface area (Å²) >= 11 is 0. The number of nitro groups is 1. The maximum atomic E-state index is 12.8. The van der Waals surface area contributed by atoms with Crippen molar-refractivity contribution in [1.82, 2.24) is 9.80 Å². The van der Waals surface area contributed by atoms with Crippen LogP contribution in [0.15, 0.2) is 48.5 Å². The minimum atomic E-state index is -0.410. The molecule has 0 aromatic heterocycles. The maximum Gasteiger partial charge on any atom is 0.269 e. The highest BCUT2D eigenvalue weighted by Gasteiger charge is 2.24. The third kappa shape index (κ3) is 4.38. The van der Waals surface area contributed by atoms with Crippen LogP contribution in [0.4, 0.5) is 5.69 Å². The van der Waals surface area contributed by atoms with E-state index in [0.717, 1.165) is 5.56 Å². The van der Waals surface area contributed by atoms with Gasteiger partial charge >= 0.3 is 0 Å². The van der Waals surface area contributed by atoms with Crippen LogP contribution in [0.3, 0.4) is 0 Å². The molecular formula is C20H21N3O4. The smallest absolute Gasteiger partial charge is 0.269 e. The van der Waals surface area contributed by atoms with E-state index in [1.807, 2.05) is 0 Å². The highest BCUT2D eigenvalue weighted by Crippen LogP contribution is 2.17. The van der Waals surface area contributed by atoms with Gasteiger partial charge in [0.2, 0.25) is 0 Å². The molecule has 0 saturated carbocycles. The van der Waals surface area contributed by atoms with Gasteiger partial charge in [0.1, 0.15) is 0 Å². The number of piperazine rings is 1. The zero-order valence-corrected chi connectivity index (χ0v) is 15.1. The molecule has 1 aliphatic rings. The van der Waals surface area contributed by atoms with Gasteiger partial charge in [-0.2, -0.15) is 0 Å². The highest BCUT2D eigenvalue weighted by molar-refractivity contribution is 6.07. The summed E-state index contributed by atoms with van der Waals surface area (Å²) in [5.74, 6) is -0.230. The summed E-state index contributed by atoms with van der Waals surface area (Å²) in [7, 11) is 0. The first-order chi connectivity index (χ1) is 13.0. The van der Waals surface area contributed by atoms with Crippen molar-refractivity contribution in [2.45, 2.75) is 13.5 Å². The number of hydrogen-bond donors (Lipinski definition) is 0. The van der Waals surface area contributed by atoms with E-state index in [-0.39, 0.29) is 17.4 Å². The van der Waals surface area contributed by atoms with Crippen LogP contribution >= 0.6 is 0 Å². The van der Waals surface area contributed by atoms with Crippen molar-refractivity contribution < 1.29 is 14.5 Å². The van der Waals surface area contributed by atoms with E-state index in [0.29, 0.717) is 43.9 Å². The number of amides is 1. The molecule has 0 radical (unpaired) electrons. The Morgan fingerprint density at radius 3 is 2.11 bits per heavy atom. The largest absolute Gasteiger partial charge is 0.336 e. The first kappa shape index (κ1) is 18.7. The van der Waals surface area contributed by atoms with Crippen LogP contribution in [0.2, 0.25) is 0 Å². The molecule has 1 aliphatic heterocycles. The Balaban J connectivity index is 1.59. The molecule has 7 heteroatoms. The molecule has 1 amide bonds. The number of Topliss-reactive ketones (excluding diaryl/α,β-unsaturated/α-hetero) is 1. The molecule has 1 saturated heterocycles. The Kier molecular flexibility index (Phi) is 5.61. The molecule has 2 aromatic carbocycles. The highest BCUT2D eigenvalue weighted by atomic mass is 16.6. The summed E-state index contributed by atoms with van der Waals surface area (Å²) < 4.78 is 0. The van der Waals surface area contributed by atoms with E-state index in [9.17, 15) is 19.7 Å². The quantitative estimate of drug-likeness (QED) is 0.461. The fraction of sp³-hybridized carbons (Fsp3) is 0.300. The Bertz CT molecular complexity index is 856. The third-order valence-electron chi connectivity index (χ3n) is 4.75. The third-order valence-corrected chi connectivity index (χ3v) is 4.75. The molecule has 1 heterocycles. The van der Waals surface area contributed by atoms with Crippen molar-refractivity contribution in [2.24, 2.45) is 0 Å². The second-order valence-corrected chi connectivity index (χ2v) is 6.59. The van der Waals surface area contributed by atoms with E-state index in [1.54, 1.807) is 41.3 Å². The molecule has 2 aromatic rings. The lowest BCUT2D eigenvalue weighted by Gasteiger charge is -2.35. The maximum absolute atomic E-state index is 12.8. The first-order valence-corrected chi connectivity index (χ1v) is 8.80. The van der Waals surface area contributed by atoms with Crippen LogP contribution in [0.25, 0.3) is 0 Å². The van der Waals surface area contributed by atoms with Crippen molar-refractivity contribution in [3.63, 3.8) is 0 Å². The topological polar surface area (TPSA) is 83.8 Å². The van der Waals surface area contributed by atoms with Gasteiger partial charge in [0.25, 0.3) is 11.6 Å². The number of non-ortho nitro benzene ring substituents is 1. The average Bonchev–Trinajstić information content (AvgIpc) is 2.68. The molecule has 7 nitrogen and oxygen atoms in total. The first-order valence-electron chi connectivity index (χ1n) is 8.80. The second-order valence-electron chi connectivity index (χ2n) is 6.59. The molecular weight excluding hydrogens is 346 g/mol. The Morgan fingerprint density at radius 1 is 0.963 bits per heavy atom. The zero-order valence-electron chi connectivity index (χ0n) is 15.1. The number of carbonyl (C=O) groups excluding carboxylic acids is 2. The Hall–Kier alpha value is -3.06. The average molecular weight is 367 g/mol. The Morgan fingerprint density at radius 2 is 1.56 bits per heavy atom. The minimum Gasteiger partial charge on any atom is -0.336 e. The molecule has 0 N–H and O–H groups in total. The molecule has 0 bridgehead atoms. The number of benzene rings is 2. The summed E-state index contributed by atoms with van der Waals surface area (Å²) in [5, 5.41) is 10.7. The van der Waals surface area contributed by atoms with Gasteiger partial charge in [-0.05, 0) is 18.6 Å².